The number of piperidine rings is 3. The second kappa shape index (κ2) is 5.46. The number of benzene rings is 1. The fourth-order valence-corrected chi connectivity index (χ4v) is 2.47. The van der Waals surface area contributed by atoms with E-state index in [-0.39, 0.29) is 6.23 Å². The van der Waals surface area contributed by atoms with Crippen molar-refractivity contribution in [3.8, 4) is 0 Å². The maximum atomic E-state index is 9.33. The molecule has 4 rings (SSSR count). The van der Waals surface area contributed by atoms with Gasteiger partial charge < -0.3 is 5.11 Å². The summed E-state index contributed by atoms with van der Waals surface area (Å²) in [5.41, 5.74) is 1.32. The third-order valence-corrected chi connectivity index (χ3v) is 3.56. The van der Waals surface area contributed by atoms with Crippen molar-refractivity contribution in [1.82, 2.24) is 4.90 Å². The molecule has 3 aliphatic rings. The number of hydrogen-bond acceptors (Lipinski definition) is 2. The van der Waals surface area contributed by atoms with Gasteiger partial charge in [0.1, 0.15) is 6.23 Å². The highest BCUT2D eigenvalue weighted by Gasteiger charge is 2.31. The van der Waals surface area contributed by atoms with E-state index in [1.54, 1.807) is 0 Å². The summed E-state index contributed by atoms with van der Waals surface area (Å²) >= 11 is 0. The van der Waals surface area contributed by atoms with Crippen molar-refractivity contribution in [2.24, 2.45) is 5.92 Å². The Morgan fingerprint density at radius 2 is 1.75 bits per heavy atom. The summed E-state index contributed by atoms with van der Waals surface area (Å²) in [7, 11) is 0. The van der Waals surface area contributed by atoms with Gasteiger partial charge in [0.25, 0.3) is 0 Å². The first-order valence-electron chi connectivity index (χ1n) is 6.19. The molecule has 3 fully saturated rings. The van der Waals surface area contributed by atoms with Gasteiger partial charge in [0.2, 0.25) is 0 Å². The second-order valence-corrected chi connectivity index (χ2v) is 4.85. The smallest absolute Gasteiger partial charge is 0.107 e. The van der Waals surface area contributed by atoms with Gasteiger partial charge in [-0.25, -0.2) is 0 Å². The lowest BCUT2D eigenvalue weighted by Gasteiger charge is -2.42. The molecule has 0 saturated carbocycles. The van der Waals surface area contributed by atoms with Crippen LogP contribution >= 0.6 is 0 Å². The quantitative estimate of drug-likeness (QED) is 0.724. The van der Waals surface area contributed by atoms with Gasteiger partial charge in [-0.1, -0.05) is 35.9 Å². The maximum absolute atomic E-state index is 9.33. The summed E-state index contributed by atoms with van der Waals surface area (Å²) in [6.45, 7) is 4.34. The maximum Gasteiger partial charge on any atom is 0.107 e. The zero-order valence-corrected chi connectivity index (χ0v) is 9.97. The highest BCUT2D eigenvalue weighted by molar-refractivity contribution is 5.11. The lowest BCUT2D eigenvalue weighted by molar-refractivity contribution is -0.0768. The molecule has 3 heterocycles. The van der Waals surface area contributed by atoms with E-state index in [1.165, 1.54) is 18.4 Å². The Balaban J connectivity index is 0.000000125. The number of nitrogens with zero attached hydrogens (tertiary/aromatic N) is 1. The molecule has 0 spiro atoms. The van der Waals surface area contributed by atoms with E-state index in [4.69, 9.17) is 0 Å². The fourth-order valence-electron chi connectivity index (χ4n) is 2.47. The molecule has 0 amide bonds. The van der Waals surface area contributed by atoms with E-state index in [0.29, 0.717) is 0 Å². The standard InChI is InChI=1S/C7H13NO.C7H8/c9-7-5-6-1-3-8(7)4-2-6;1-7-5-3-2-4-6-7/h6-7,9H,1-5H2;2-6H,1H3/t7-;/m1./s1. The van der Waals surface area contributed by atoms with E-state index >= 15 is 0 Å². The van der Waals surface area contributed by atoms with Crippen LogP contribution in [0.15, 0.2) is 30.3 Å². The van der Waals surface area contributed by atoms with E-state index in [9.17, 15) is 5.11 Å². The molecule has 0 aromatic heterocycles. The molecule has 0 aliphatic carbocycles. The van der Waals surface area contributed by atoms with Crippen LogP contribution in [0.3, 0.4) is 0 Å². The Hall–Kier alpha value is -0.860. The van der Waals surface area contributed by atoms with Crippen molar-refractivity contribution >= 4 is 0 Å². The van der Waals surface area contributed by atoms with Crippen molar-refractivity contribution < 1.29 is 5.11 Å². The Morgan fingerprint density at radius 3 is 2.00 bits per heavy atom. The molecule has 1 aromatic rings. The van der Waals surface area contributed by atoms with Crippen LogP contribution in [0.2, 0.25) is 0 Å². The Morgan fingerprint density at radius 1 is 1.12 bits per heavy atom. The van der Waals surface area contributed by atoms with Gasteiger partial charge in [0.05, 0.1) is 0 Å². The molecule has 3 saturated heterocycles. The van der Waals surface area contributed by atoms with Crippen LogP contribution in [0.1, 0.15) is 24.8 Å². The Bertz CT molecular complexity index is 304. The third kappa shape index (κ3) is 3.06. The van der Waals surface area contributed by atoms with Crippen molar-refractivity contribution in [2.75, 3.05) is 13.1 Å². The number of fused-ring (bicyclic) bond motifs is 3. The summed E-state index contributed by atoms with van der Waals surface area (Å²) in [5.74, 6) is 0.838. The molecule has 2 bridgehead atoms. The number of aliphatic hydroxyl groups excluding tert-OH is 1. The second-order valence-electron chi connectivity index (χ2n) is 4.85. The minimum Gasteiger partial charge on any atom is -0.378 e. The van der Waals surface area contributed by atoms with Crippen LogP contribution < -0.4 is 0 Å². The average Bonchev–Trinajstić information content (AvgIpc) is 2.32. The van der Waals surface area contributed by atoms with Gasteiger partial charge >= 0.3 is 0 Å². The van der Waals surface area contributed by atoms with E-state index in [2.05, 4.69) is 24.0 Å². The average molecular weight is 219 g/mol. The summed E-state index contributed by atoms with van der Waals surface area (Å²) in [4.78, 5) is 2.18. The molecule has 2 nitrogen and oxygen atoms in total. The van der Waals surface area contributed by atoms with Crippen molar-refractivity contribution in [1.29, 1.82) is 0 Å². The normalized spacial score (nSPS) is 31.8. The zero-order valence-electron chi connectivity index (χ0n) is 9.97. The lowest BCUT2D eigenvalue weighted by Crippen LogP contribution is -2.48. The van der Waals surface area contributed by atoms with Gasteiger partial charge in [-0.3, -0.25) is 4.90 Å². The predicted octanol–water partition coefficient (Wildman–Crippen LogP) is 2.42. The topological polar surface area (TPSA) is 23.5 Å². The number of aryl methyl sites for hydroxylation is 1. The lowest BCUT2D eigenvalue weighted by atomic mass is 9.87. The molecule has 1 N–H and O–H groups in total. The van der Waals surface area contributed by atoms with Crippen molar-refractivity contribution in [2.45, 2.75) is 32.4 Å². The fraction of sp³-hybridized carbons (Fsp3) is 0.571. The third-order valence-electron chi connectivity index (χ3n) is 3.56. The molecular formula is C14H21NO. The Labute approximate surface area is 97.9 Å². The Kier molecular flexibility index (Phi) is 3.97. The molecule has 0 radical (unpaired) electrons. The highest BCUT2D eigenvalue weighted by atomic mass is 16.3. The van der Waals surface area contributed by atoms with Crippen molar-refractivity contribution in [3.63, 3.8) is 0 Å². The van der Waals surface area contributed by atoms with Crippen LogP contribution in [0.5, 0.6) is 0 Å². The molecule has 1 atom stereocenters. The SMILES string of the molecule is Cc1ccccc1.O[C@@H]1CC2CCN1CC2. The molecule has 88 valence electrons. The monoisotopic (exact) mass is 219 g/mol. The molecule has 2 heteroatoms. The largest absolute Gasteiger partial charge is 0.378 e. The van der Waals surface area contributed by atoms with Gasteiger partial charge in [0, 0.05) is 13.1 Å². The van der Waals surface area contributed by atoms with E-state index in [0.717, 1.165) is 25.4 Å². The molecule has 3 aliphatic heterocycles. The molecule has 1 aromatic carbocycles. The minimum atomic E-state index is -0.0995. The highest BCUT2D eigenvalue weighted by Crippen LogP contribution is 2.30. The summed E-state index contributed by atoms with van der Waals surface area (Å²) < 4.78 is 0. The number of hydrogen-bond donors (Lipinski definition) is 1. The predicted molar refractivity (Wildman–Crippen MR) is 66.1 cm³/mol. The van der Waals surface area contributed by atoms with Crippen LogP contribution in [-0.2, 0) is 0 Å². The van der Waals surface area contributed by atoms with Gasteiger partial charge in [-0.2, -0.15) is 0 Å². The van der Waals surface area contributed by atoms with Crippen LogP contribution in [-0.4, -0.2) is 29.3 Å². The first-order valence-corrected chi connectivity index (χ1v) is 6.19. The first kappa shape index (κ1) is 11.6. The molecule has 0 unspecified atom stereocenters. The summed E-state index contributed by atoms with van der Waals surface area (Å²) in [6.07, 6.45) is 3.56. The number of rotatable bonds is 0. The van der Waals surface area contributed by atoms with E-state index < -0.39 is 0 Å². The number of aliphatic hydroxyl groups is 1. The van der Waals surface area contributed by atoms with Gasteiger partial charge in [-0.05, 0) is 32.1 Å². The van der Waals surface area contributed by atoms with Crippen LogP contribution in [0.4, 0.5) is 0 Å². The summed E-state index contributed by atoms with van der Waals surface area (Å²) in [6, 6.07) is 10.3. The van der Waals surface area contributed by atoms with E-state index in [1.807, 2.05) is 18.2 Å². The van der Waals surface area contributed by atoms with Crippen LogP contribution in [0.25, 0.3) is 0 Å². The molecular weight excluding hydrogens is 198 g/mol. The molecule has 16 heavy (non-hydrogen) atoms. The van der Waals surface area contributed by atoms with Crippen molar-refractivity contribution in [3.05, 3.63) is 35.9 Å². The van der Waals surface area contributed by atoms with Gasteiger partial charge in [0.15, 0.2) is 0 Å². The van der Waals surface area contributed by atoms with Crippen LogP contribution in [0, 0.1) is 12.8 Å². The zero-order chi connectivity index (χ0) is 11.4. The minimum absolute atomic E-state index is 0.0995. The first-order chi connectivity index (χ1) is 7.75. The van der Waals surface area contributed by atoms with Gasteiger partial charge in [-0.15, -0.1) is 0 Å². The summed E-state index contributed by atoms with van der Waals surface area (Å²) in [5, 5.41) is 9.33.